The Morgan fingerprint density at radius 2 is 1.89 bits per heavy atom. The number of piperidine rings is 1. The standard InChI is InChI=1S/C21H34N4O2.HI/c1-4-22-21(24-17-10-12-25(13-11-17)18-7-8-18)23-15-16-6-9-19(26-3)20(14-16)27-5-2;/h6,9,14,17-18H,4-5,7-8,10-13,15H2,1-3H3,(H2,22,23,24);1H. The zero-order valence-corrected chi connectivity index (χ0v) is 19.7. The quantitative estimate of drug-likeness (QED) is 0.324. The van der Waals surface area contributed by atoms with Crippen LogP contribution in [0.15, 0.2) is 23.2 Å². The summed E-state index contributed by atoms with van der Waals surface area (Å²) in [6.07, 6.45) is 5.18. The molecule has 6 nitrogen and oxygen atoms in total. The molecule has 7 heteroatoms. The van der Waals surface area contributed by atoms with E-state index < -0.39 is 0 Å². The van der Waals surface area contributed by atoms with Crippen molar-refractivity contribution in [1.82, 2.24) is 15.5 Å². The fourth-order valence-corrected chi connectivity index (χ4v) is 3.62. The van der Waals surface area contributed by atoms with Gasteiger partial charge in [0.25, 0.3) is 0 Å². The lowest BCUT2D eigenvalue weighted by molar-refractivity contribution is 0.197. The van der Waals surface area contributed by atoms with Gasteiger partial charge in [0.15, 0.2) is 17.5 Å². The lowest BCUT2D eigenvalue weighted by Gasteiger charge is -2.33. The molecular weight excluding hydrogens is 467 g/mol. The van der Waals surface area contributed by atoms with Crippen molar-refractivity contribution in [3.05, 3.63) is 23.8 Å². The summed E-state index contributed by atoms with van der Waals surface area (Å²) >= 11 is 0. The van der Waals surface area contributed by atoms with Gasteiger partial charge in [-0.05, 0) is 57.2 Å². The SMILES string of the molecule is CCNC(=NCc1ccc(OC)c(OCC)c1)NC1CCN(C2CC2)CC1.I. The maximum absolute atomic E-state index is 5.67. The number of aliphatic imine (C=N–C) groups is 1. The smallest absolute Gasteiger partial charge is 0.191 e. The highest BCUT2D eigenvalue weighted by Gasteiger charge is 2.31. The molecular formula is C21H35IN4O2. The first kappa shape index (κ1) is 23.1. The van der Waals surface area contributed by atoms with Crippen molar-refractivity contribution in [2.45, 2.75) is 58.2 Å². The van der Waals surface area contributed by atoms with Crippen molar-refractivity contribution in [2.24, 2.45) is 4.99 Å². The van der Waals surface area contributed by atoms with Crippen LogP contribution in [0.4, 0.5) is 0 Å². The lowest BCUT2D eigenvalue weighted by Crippen LogP contribution is -2.49. The van der Waals surface area contributed by atoms with Crippen LogP contribution in [0.25, 0.3) is 0 Å². The number of nitrogens with one attached hydrogen (secondary N) is 2. The van der Waals surface area contributed by atoms with Gasteiger partial charge in [-0.1, -0.05) is 6.07 Å². The summed E-state index contributed by atoms with van der Waals surface area (Å²) in [5, 5.41) is 7.00. The first-order chi connectivity index (χ1) is 13.2. The van der Waals surface area contributed by atoms with E-state index in [1.54, 1.807) is 7.11 Å². The number of likely N-dealkylation sites (tertiary alicyclic amines) is 1. The molecule has 0 spiro atoms. The largest absolute Gasteiger partial charge is 0.493 e. The third kappa shape index (κ3) is 6.69. The number of nitrogens with zero attached hydrogens (tertiary/aromatic N) is 2. The molecule has 2 fully saturated rings. The van der Waals surface area contributed by atoms with Crippen molar-refractivity contribution in [3.8, 4) is 11.5 Å². The van der Waals surface area contributed by atoms with E-state index in [1.807, 2.05) is 25.1 Å². The van der Waals surface area contributed by atoms with Gasteiger partial charge in [0.1, 0.15) is 0 Å². The van der Waals surface area contributed by atoms with Crippen molar-refractivity contribution in [2.75, 3.05) is 33.4 Å². The Labute approximate surface area is 186 Å². The highest BCUT2D eigenvalue weighted by molar-refractivity contribution is 14.0. The second-order valence-electron chi connectivity index (χ2n) is 7.30. The molecule has 0 aromatic heterocycles. The summed E-state index contributed by atoms with van der Waals surface area (Å²) < 4.78 is 11.0. The molecule has 1 saturated heterocycles. The number of benzene rings is 1. The van der Waals surface area contributed by atoms with Gasteiger partial charge in [0.2, 0.25) is 0 Å². The predicted octanol–water partition coefficient (Wildman–Crippen LogP) is 3.39. The zero-order valence-electron chi connectivity index (χ0n) is 17.4. The van der Waals surface area contributed by atoms with Gasteiger partial charge in [-0.2, -0.15) is 0 Å². The van der Waals surface area contributed by atoms with Crippen molar-refractivity contribution in [1.29, 1.82) is 0 Å². The van der Waals surface area contributed by atoms with E-state index in [9.17, 15) is 0 Å². The Bertz CT molecular complexity index is 629. The predicted molar refractivity (Wildman–Crippen MR) is 125 cm³/mol. The van der Waals surface area contributed by atoms with Gasteiger partial charge in [-0.15, -0.1) is 24.0 Å². The summed E-state index contributed by atoms with van der Waals surface area (Å²) in [4.78, 5) is 7.43. The van der Waals surface area contributed by atoms with E-state index in [0.717, 1.165) is 35.6 Å². The molecule has 1 aromatic carbocycles. The van der Waals surface area contributed by atoms with E-state index in [0.29, 0.717) is 19.2 Å². The molecule has 0 amide bonds. The third-order valence-electron chi connectivity index (χ3n) is 5.23. The van der Waals surface area contributed by atoms with E-state index in [2.05, 4.69) is 22.5 Å². The van der Waals surface area contributed by atoms with Crippen LogP contribution in [0.3, 0.4) is 0 Å². The van der Waals surface area contributed by atoms with Gasteiger partial charge in [-0.25, -0.2) is 4.99 Å². The van der Waals surface area contributed by atoms with Crippen LogP contribution in [0, 0.1) is 0 Å². The minimum Gasteiger partial charge on any atom is -0.493 e. The number of hydrogen-bond acceptors (Lipinski definition) is 4. The molecule has 0 unspecified atom stereocenters. The monoisotopic (exact) mass is 502 g/mol. The molecule has 0 bridgehead atoms. The van der Waals surface area contributed by atoms with Gasteiger partial charge in [-0.3, -0.25) is 0 Å². The number of hydrogen-bond donors (Lipinski definition) is 2. The van der Waals surface area contributed by atoms with Crippen LogP contribution in [-0.4, -0.2) is 56.3 Å². The van der Waals surface area contributed by atoms with Crippen molar-refractivity contribution < 1.29 is 9.47 Å². The Hall–Kier alpha value is -1.22. The van der Waals surface area contributed by atoms with E-state index >= 15 is 0 Å². The molecule has 1 heterocycles. The highest BCUT2D eigenvalue weighted by Crippen LogP contribution is 2.29. The molecule has 1 saturated carbocycles. The Morgan fingerprint density at radius 1 is 1.14 bits per heavy atom. The molecule has 3 rings (SSSR count). The number of rotatable bonds is 8. The highest BCUT2D eigenvalue weighted by atomic mass is 127. The summed E-state index contributed by atoms with van der Waals surface area (Å²) in [5.41, 5.74) is 1.11. The van der Waals surface area contributed by atoms with Crippen LogP contribution >= 0.6 is 24.0 Å². The van der Waals surface area contributed by atoms with Crippen molar-refractivity contribution >= 4 is 29.9 Å². The molecule has 1 aliphatic heterocycles. The molecule has 1 aliphatic carbocycles. The van der Waals surface area contributed by atoms with Crippen LogP contribution < -0.4 is 20.1 Å². The molecule has 28 heavy (non-hydrogen) atoms. The van der Waals surface area contributed by atoms with Gasteiger partial charge < -0.3 is 25.0 Å². The van der Waals surface area contributed by atoms with Gasteiger partial charge in [0.05, 0.1) is 20.3 Å². The summed E-state index contributed by atoms with van der Waals surface area (Å²) in [7, 11) is 1.66. The van der Waals surface area contributed by atoms with E-state index in [4.69, 9.17) is 14.5 Å². The molecule has 158 valence electrons. The lowest BCUT2D eigenvalue weighted by atomic mass is 10.1. The van der Waals surface area contributed by atoms with Crippen molar-refractivity contribution in [3.63, 3.8) is 0 Å². The maximum atomic E-state index is 5.67. The third-order valence-corrected chi connectivity index (χ3v) is 5.23. The second-order valence-corrected chi connectivity index (χ2v) is 7.30. The topological polar surface area (TPSA) is 58.1 Å². The molecule has 2 aliphatic rings. The average molecular weight is 502 g/mol. The first-order valence-corrected chi connectivity index (χ1v) is 10.3. The molecule has 0 radical (unpaired) electrons. The van der Waals surface area contributed by atoms with E-state index in [1.165, 1.54) is 38.8 Å². The fraction of sp³-hybridized carbons (Fsp3) is 0.667. The Balaban J connectivity index is 0.00000280. The van der Waals surface area contributed by atoms with Crippen LogP contribution in [-0.2, 0) is 6.54 Å². The summed E-state index contributed by atoms with van der Waals surface area (Å²) in [5.74, 6) is 2.44. The number of guanidine groups is 1. The summed E-state index contributed by atoms with van der Waals surface area (Å²) in [6.45, 7) is 8.59. The minimum absolute atomic E-state index is 0. The van der Waals surface area contributed by atoms with Gasteiger partial charge in [0, 0.05) is 31.7 Å². The normalized spacial score (nSPS) is 18.3. The second kappa shape index (κ2) is 11.7. The molecule has 1 aromatic rings. The van der Waals surface area contributed by atoms with Gasteiger partial charge >= 0.3 is 0 Å². The van der Waals surface area contributed by atoms with E-state index in [-0.39, 0.29) is 24.0 Å². The maximum Gasteiger partial charge on any atom is 0.191 e. The minimum atomic E-state index is 0. The Morgan fingerprint density at radius 3 is 2.50 bits per heavy atom. The Kier molecular flexibility index (Phi) is 9.64. The number of methoxy groups -OCH3 is 1. The van der Waals surface area contributed by atoms with Crippen LogP contribution in [0.2, 0.25) is 0 Å². The number of halogens is 1. The average Bonchev–Trinajstić information content (AvgIpc) is 3.53. The summed E-state index contributed by atoms with van der Waals surface area (Å²) in [6, 6.07) is 7.39. The molecule has 0 atom stereocenters. The fourth-order valence-electron chi connectivity index (χ4n) is 3.62. The molecule has 2 N–H and O–H groups in total. The van der Waals surface area contributed by atoms with Crippen LogP contribution in [0.5, 0.6) is 11.5 Å². The number of ether oxygens (including phenoxy) is 2. The zero-order chi connectivity index (χ0) is 19.1. The van der Waals surface area contributed by atoms with Crippen LogP contribution in [0.1, 0.15) is 45.1 Å². The first-order valence-electron chi connectivity index (χ1n) is 10.3.